The number of β-amino-alcohol motifs (C(OH)–C–C–N with tert-alkyl or cyclic N) is 1. The molecule has 0 radical (unpaired) electrons. The largest absolute Gasteiger partial charge is 0.391 e. The molecule has 1 unspecified atom stereocenters. The molecule has 0 bridgehead atoms. The van der Waals surface area contributed by atoms with Gasteiger partial charge in [0.15, 0.2) is 0 Å². The van der Waals surface area contributed by atoms with E-state index in [0.29, 0.717) is 31.1 Å². The smallest absolute Gasteiger partial charge is 0.228 e. The van der Waals surface area contributed by atoms with Crippen LogP contribution in [0.2, 0.25) is 5.02 Å². The predicted molar refractivity (Wildman–Crippen MR) is 79.1 cm³/mol. The second-order valence-corrected chi connectivity index (χ2v) is 6.04. The first kappa shape index (κ1) is 14.4. The zero-order valence-corrected chi connectivity index (χ0v) is 12.3. The van der Waals surface area contributed by atoms with Crippen molar-refractivity contribution in [3.8, 4) is 0 Å². The Morgan fingerprint density at radius 2 is 1.95 bits per heavy atom. The number of aliphatic hydroxyl groups excluding tert-OH is 1. The van der Waals surface area contributed by atoms with Crippen LogP contribution in [0.5, 0.6) is 0 Å². The van der Waals surface area contributed by atoms with Gasteiger partial charge in [-0.05, 0) is 30.7 Å². The summed E-state index contributed by atoms with van der Waals surface area (Å²) in [6, 6.07) is 7.03. The van der Waals surface area contributed by atoms with Crippen molar-refractivity contribution >= 4 is 29.1 Å². The Labute approximate surface area is 128 Å². The van der Waals surface area contributed by atoms with Crippen molar-refractivity contribution in [2.75, 3.05) is 24.5 Å². The highest BCUT2D eigenvalue weighted by Crippen LogP contribution is 2.28. The number of benzene rings is 1. The first-order valence-corrected chi connectivity index (χ1v) is 7.45. The van der Waals surface area contributed by atoms with Crippen LogP contribution in [0.4, 0.5) is 5.69 Å². The molecule has 3 rings (SSSR count). The first-order valence-electron chi connectivity index (χ1n) is 7.07. The van der Waals surface area contributed by atoms with E-state index in [1.807, 2.05) is 0 Å². The summed E-state index contributed by atoms with van der Waals surface area (Å²) in [6.07, 6.45) is 0.417. The van der Waals surface area contributed by atoms with Gasteiger partial charge < -0.3 is 14.9 Å². The first-order chi connectivity index (χ1) is 10.0. The molecule has 2 heterocycles. The number of nitrogens with zero attached hydrogens (tertiary/aromatic N) is 2. The number of rotatable bonds is 2. The fourth-order valence-corrected chi connectivity index (χ4v) is 3.07. The summed E-state index contributed by atoms with van der Waals surface area (Å²) in [5.74, 6) is -0.398. The summed E-state index contributed by atoms with van der Waals surface area (Å²) >= 11 is 5.85. The van der Waals surface area contributed by atoms with Crippen LogP contribution in [0.25, 0.3) is 0 Å². The standard InChI is InChI=1S/C15H17ClN2O3/c16-11-1-3-12(4-2-11)18-8-10(7-14(18)20)15(21)17-6-5-13(19)9-17/h1-4,10,13,19H,5-9H2/t10?,13-/m0/s1. The molecule has 2 fully saturated rings. The fourth-order valence-electron chi connectivity index (χ4n) is 2.94. The maximum absolute atomic E-state index is 12.4. The SMILES string of the molecule is O=C(C1CC(=O)N(c2ccc(Cl)cc2)C1)N1CC[C@H](O)C1. The molecule has 1 aromatic rings. The summed E-state index contributed by atoms with van der Waals surface area (Å²) in [5.41, 5.74) is 0.765. The Bertz CT molecular complexity index is 561. The molecular weight excluding hydrogens is 292 g/mol. The van der Waals surface area contributed by atoms with Crippen molar-refractivity contribution in [1.29, 1.82) is 0 Å². The van der Waals surface area contributed by atoms with E-state index in [0.717, 1.165) is 5.69 Å². The average molecular weight is 309 g/mol. The molecule has 1 aromatic carbocycles. The van der Waals surface area contributed by atoms with E-state index < -0.39 is 6.10 Å². The summed E-state index contributed by atoms with van der Waals surface area (Å²) in [7, 11) is 0. The average Bonchev–Trinajstić information content (AvgIpc) is 3.05. The number of amides is 2. The summed E-state index contributed by atoms with van der Waals surface area (Å²) in [4.78, 5) is 27.8. The van der Waals surface area contributed by atoms with Gasteiger partial charge in [-0.25, -0.2) is 0 Å². The molecule has 0 aliphatic carbocycles. The molecule has 2 saturated heterocycles. The lowest BCUT2D eigenvalue weighted by atomic mass is 10.1. The van der Waals surface area contributed by atoms with Crippen molar-refractivity contribution in [2.45, 2.75) is 18.9 Å². The minimum Gasteiger partial charge on any atom is -0.391 e. The highest BCUT2D eigenvalue weighted by atomic mass is 35.5. The van der Waals surface area contributed by atoms with Crippen LogP contribution in [0.15, 0.2) is 24.3 Å². The molecule has 0 saturated carbocycles. The molecule has 6 heteroatoms. The van der Waals surface area contributed by atoms with E-state index in [2.05, 4.69) is 0 Å². The Kier molecular flexibility index (Phi) is 3.87. The van der Waals surface area contributed by atoms with Crippen molar-refractivity contribution < 1.29 is 14.7 Å². The van der Waals surface area contributed by atoms with E-state index in [1.54, 1.807) is 34.1 Å². The molecule has 2 amide bonds. The number of halogens is 1. The molecule has 2 aliphatic rings. The Hall–Kier alpha value is -1.59. The van der Waals surface area contributed by atoms with Gasteiger partial charge in [0.25, 0.3) is 0 Å². The van der Waals surface area contributed by atoms with Crippen LogP contribution >= 0.6 is 11.6 Å². The third kappa shape index (κ3) is 2.89. The maximum atomic E-state index is 12.4. The van der Waals surface area contributed by atoms with Crippen LogP contribution in [-0.2, 0) is 9.59 Å². The van der Waals surface area contributed by atoms with Gasteiger partial charge in [0.1, 0.15) is 0 Å². The second kappa shape index (κ2) is 5.66. The highest BCUT2D eigenvalue weighted by Gasteiger charge is 2.38. The fraction of sp³-hybridized carbons (Fsp3) is 0.467. The zero-order valence-electron chi connectivity index (χ0n) is 11.5. The molecule has 21 heavy (non-hydrogen) atoms. The number of anilines is 1. The normalized spacial score (nSPS) is 25.7. The molecule has 1 N–H and O–H groups in total. The molecule has 112 valence electrons. The van der Waals surface area contributed by atoms with E-state index in [4.69, 9.17) is 11.6 Å². The lowest BCUT2D eigenvalue weighted by molar-refractivity contribution is -0.135. The quantitative estimate of drug-likeness (QED) is 0.895. The lowest BCUT2D eigenvalue weighted by Crippen LogP contribution is -2.36. The van der Waals surface area contributed by atoms with E-state index >= 15 is 0 Å². The molecular formula is C15H17ClN2O3. The van der Waals surface area contributed by atoms with Gasteiger partial charge in [-0.1, -0.05) is 11.6 Å². The van der Waals surface area contributed by atoms with Crippen molar-refractivity contribution in [2.24, 2.45) is 5.92 Å². The van der Waals surface area contributed by atoms with E-state index in [9.17, 15) is 14.7 Å². The van der Waals surface area contributed by atoms with Gasteiger partial charge in [0.2, 0.25) is 11.8 Å². The van der Waals surface area contributed by atoms with E-state index in [-0.39, 0.29) is 24.2 Å². The third-order valence-electron chi connectivity index (χ3n) is 4.09. The number of likely N-dealkylation sites (tertiary alicyclic amines) is 1. The number of hydrogen-bond donors (Lipinski definition) is 1. The van der Waals surface area contributed by atoms with Crippen LogP contribution < -0.4 is 4.90 Å². The topological polar surface area (TPSA) is 60.9 Å². The van der Waals surface area contributed by atoms with Gasteiger partial charge in [-0.3, -0.25) is 9.59 Å². The predicted octanol–water partition coefficient (Wildman–Crippen LogP) is 1.29. The van der Waals surface area contributed by atoms with Crippen molar-refractivity contribution in [1.82, 2.24) is 4.90 Å². The number of carbonyl (C=O) groups is 2. The number of carbonyl (C=O) groups excluding carboxylic acids is 2. The van der Waals surface area contributed by atoms with Crippen LogP contribution in [0.3, 0.4) is 0 Å². The van der Waals surface area contributed by atoms with Gasteiger partial charge in [-0.2, -0.15) is 0 Å². The number of aliphatic hydroxyl groups is 1. The Balaban J connectivity index is 1.69. The highest BCUT2D eigenvalue weighted by molar-refractivity contribution is 6.30. The van der Waals surface area contributed by atoms with Crippen LogP contribution in [0.1, 0.15) is 12.8 Å². The molecule has 2 atom stereocenters. The van der Waals surface area contributed by atoms with Crippen molar-refractivity contribution in [3.05, 3.63) is 29.3 Å². The number of hydrogen-bond acceptors (Lipinski definition) is 3. The third-order valence-corrected chi connectivity index (χ3v) is 4.34. The van der Waals surface area contributed by atoms with E-state index in [1.165, 1.54) is 0 Å². The van der Waals surface area contributed by atoms with Gasteiger partial charge in [-0.15, -0.1) is 0 Å². The molecule has 2 aliphatic heterocycles. The van der Waals surface area contributed by atoms with Crippen LogP contribution in [-0.4, -0.2) is 47.6 Å². The zero-order chi connectivity index (χ0) is 15.0. The minimum absolute atomic E-state index is 0.0311. The van der Waals surface area contributed by atoms with Gasteiger partial charge in [0.05, 0.1) is 12.0 Å². The monoisotopic (exact) mass is 308 g/mol. The summed E-state index contributed by atoms with van der Waals surface area (Å²) in [5, 5.41) is 10.1. The minimum atomic E-state index is -0.432. The molecule has 5 nitrogen and oxygen atoms in total. The summed E-state index contributed by atoms with van der Waals surface area (Å²) < 4.78 is 0. The molecule has 0 spiro atoms. The maximum Gasteiger partial charge on any atom is 0.228 e. The van der Waals surface area contributed by atoms with Crippen molar-refractivity contribution in [3.63, 3.8) is 0 Å². The Morgan fingerprint density at radius 1 is 1.24 bits per heavy atom. The van der Waals surface area contributed by atoms with Crippen LogP contribution in [0, 0.1) is 5.92 Å². The second-order valence-electron chi connectivity index (χ2n) is 5.61. The Morgan fingerprint density at radius 3 is 2.57 bits per heavy atom. The van der Waals surface area contributed by atoms with Gasteiger partial charge in [0, 0.05) is 36.8 Å². The van der Waals surface area contributed by atoms with Gasteiger partial charge >= 0.3 is 0 Å². The summed E-state index contributed by atoms with van der Waals surface area (Å²) in [6.45, 7) is 1.35. The molecule has 0 aromatic heterocycles. The lowest BCUT2D eigenvalue weighted by Gasteiger charge is -2.20.